The van der Waals surface area contributed by atoms with Crippen molar-refractivity contribution in [2.45, 2.75) is 13.8 Å². The number of rotatable bonds is 4. The van der Waals surface area contributed by atoms with E-state index in [4.69, 9.17) is 10.5 Å². The second kappa shape index (κ2) is 5.81. The molecular formula is C16H16N2OS. The van der Waals surface area contributed by atoms with Gasteiger partial charge in [0.2, 0.25) is 0 Å². The van der Waals surface area contributed by atoms with Crippen molar-refractivity contribution in [3.63, 3.8) is 0 Å². The Balaban J connectivity index is 2.31. The summed E-state index contributed by atoms with van der Waals surface area (Å²) >= 11 is 1.45. The lowest BCUT2D eigenvalue weighted by Crippen LogP contribution is -1.97. The molecule has 3 nitrogen and oxygen atoms in total. The first-order valence-electron chi connectivity index (χ1n) is 6.19. The summed E-state index contributed by atoms with van der Waals surface area (Å²) in [5.74, 6) is 0.788. The Labute approximate surface area is 122 Å². The van der Waals surface area contributed by atoms with Gasteiger partial charge in [0.15, 0.2) is 0 Å². The predicted molar refractivity (Wildman–Crippen MR) is 83.9 cm³/mol. The molecule has 0 unspecified atom stereocenters. The smallest absolute Gasteiger partial charge is 0.119 e. The van der Waals surface area contributed by atoms with Gasteiger partial charge in [0.1, 0.15) is 23.4 Å². The number of nitriles is 1. The van der Waals surface area contributed by atoms with Crippen LogP contribution in [0.5, 0.6) is 5.75 Å². The summed E-state index contributed by atoms with van der Waals surface area (Å²) in [6, 6.07) is 9.87. The third-order valence-electron chi connectivity index (χ3n) is 2.85. The maximum absolute atomic E-state index is 9.22. The van der Waals surface area contributed by atoms with E-state index >= 15 is 0 Å². The van der Waals surface area contributed by atoms with Crippen molar-refractivity contribution < 1.29 is 4.74 Å². The minimum Gasteiger partial charge on any atom is -0.489 e. The van der Waals surface area contributed by atoms with E-state index in [9.17, 15) is 5.26 Å². The fraction of sp³-hybridized carbons (Fsp3) is 0.188. The van der Waals surface area contributed by atoms with Crippen LogP contribution < -0.4 is 10.5 Å². The summed E-state index contributed by atoms with van der Waals surface area (Å²) < 4.78 is 5.56. The molecule has 1 aromatic heterocycles. The van der Waals surface area contributed by atoms with E-state index in [-0.39, 0.29) is 0 Å². The van der Waals surface area contributed by atoms with Gasteiger partial charge < -0.3 is 10.5 Å². The van der Waals surface area contributed by atoms with Gasteiger partial charge in [-0.05, 0) is 37.1 Å². The molecule has 0 amide bonds. The molecule has 0 radical (unpaired) electrons. The van der Waals surface area contributed by atoms with Crippen molar-refractivity contribution in [2.24, 2.45) is 0 Å². The van der Waals surface area contributed by atoms with Crippen LogP contribution in [-0.4, -0.2) is 6.61 Å². The van der Waals surface area contributed by atoms with Crippen molar-refractivity contribution in [1.82, 2.24) is 0 Å². The molecule has 20 heavy (non-hydrogen) atoms. The highest BCUT2D eigenvalue weighted by molar-refractivity contribution is 7.16. The number of aryl methyl sites for hydroxylation is 1. The Morgan fingerprint density at radius 3 is 2.60 bits per heavy atom. The molecule has 2 rings (SSSR count). The first kappa shape index (κ1) is 14.2. The molecule has 0 bridgehead atoms. The number of hydrogen-bond acceptors (Lipinski definition) is 4. The van der Waals surface area contributed by atoms with Gasteiger partial charge in [0, 0.05) is 10.4 Å². The molecule has 0 atom stereocenters. The van der Waals surface area contributed by atoms with E-state index in [2.05, 4.69) is 12.6 Å². The fourth-order valence-electron chi connectivity index (χ4n) is 1.95. The summed E-state index contributed by atoms with van der Waals surface area (Å²) in [5, 5.41) is 9.79. The van der Waals surface area contributed by atoms with Gasteiger partial charge >= 0.3 is 0 Å². The van der Waals surface area contributed by atoms with Crippen LogP contribution in [0.4, 0.5) is 5.00 Å². The second-order valence-corrected chi connectivity index (χ2v) is 5.91. The van der Waals surface area contributed by atoms with E-state index in [0.717, 1.165) is 27.3 Å². The number of anilines is 1. The summed E-state index contributed by atoms with van der Waals surface area (Å²) in [5.41, 5.74) is 9.29. The van der Waals surface area contributed by atoms with E-state index in [1.54, 1.807) is 0 Å². The summed E-state index contributed by atoms with van der Waals surface area (Å²) in [7, 11) is 0. The Morgan fingerprint density at radius 2 is 2.05 bits per heavy atom. The first-order valence-corrected chi connectivity index (χ1v) is 7.01. The van der Waals surface area contributed by atoms with Gasteiger partial charge in [-0.15, -0.1) is 11.3 Å². The third-order valence-corrected chi connectivity index (χ3v) is 3.79. The minimum absolute atomic E-state index is 0.507. The standard InChI is InChI=1S/C16H16N2OS/c1-10(2)9-19-13-6-4-12(5-7-13)15-11(3)20-16(18)14(15)8-17/h4-7H,1,9,18H2,2-3H3. The molecule has 0 aliphatic heterocycles. The van der Waals surface area contributed by atoms with Crippen molar-refractivity contribution in [1.29, 1.82) is 5.26 Å². The maximum atomic E-state index is 9.22. The Kier molecular flexibility index (Phi) is 4.11. The zero-order valence-electron chi connectivity index (χ0n) is 11.6. The van der Waals surface area contributed by atoms with Crippen molar-refractivity contribution >= 4 is 16.3 Å². The molecule has 2 aromatic rings. The number of nitrogen functional groups attached to an aromatic ring is 1. The molecule has 4 heteroatoms. The highest BCUT2D eigenvalue weighted by Crippen LogP contribution is 2.37. The molecule has 0 spiro atoms. The van der Waals surface area contributed by atoms with Crippen molar-refractivity contribution in [3.8, 4) is 22.9 Å². The van der Waals surface area contributed by atoms with E-state index in [1.165, 1.54) is 11.3 Å². The van der Waals surface area contributed by atoms with Crippen LogP contribution in [0.3, 0.4) is 0 Å². The topological polar surface area (TPSA) is 59.0 Å². The van der Waals surface area contributed by atoms with Crippen LogP contribution in [0.25, 0.3) is 11.1 Å². The molecule has 1 aromatic carbocycles. The van der Waals surface area contributed by atoms with Crippen LogP contribution in [0.1, 0.15) is 17.4 Å². The molecule has 0 aliphatic carbocycles. The van der Waals surface area contributed by atoms with E-state index in [1.807, 2.05) is 38.1 Å². The van der Waals surface area contributed by atoms with E-state index < -0.39 is 0 Å². The number of hydrogen-bond donors (Lipinski definition) is 1. The van der Waals surface area contributed by atoms with Crippen LogP contribution >= 0.6 is 11.3 Å². The molecule has 0 aliphatic rings. The third kappa shape index (κ3) is 2.84. The molecular weight excluding hydrogens is 268 g/mol. The van der Waals surface area contributed by atoms with Crippen LogP contribution in [0, 0.1) is 18.3 Å². The maximum Gasteiger partial charge on any atom is 0.119 e. The van der Waals surface area contributed by atoms with E-state index in [0.29, 0.717) is 17.2 Å². The summed E-state index contributed by atoms with van der Waals surface area (Å²) in [6.07, 6.45) is 0. The Hall–Kier alpha value is -2.25. The van der Waals surface area contributed by atoms with Gasteiger partial charge in [0.05, 0.1) is 5.56 Å². The SMILES string of the molecule is C=C(C)COc1ccc(-c2c(C)sc(N)c2C#N)cc1. The molecule has 0 fully saturated rings. The predicted octanol–water partition coefficient (Wildman–Crippen LogP) is 4.13. The number of nitrogens with two attached hydrogens (primary N) is 1. The Morgan fingerprint density at radius 1 is 1.40 bits per heavy atom. The summed E-state index contributed by atoms with van der Waals surface area (Å²) in [4.78, 5) is 1.05. The van der Waals surface area contributed by atoms with Crippen LogP contribution in [-0.2, 0) is 0 Å². The lowest BCUT2D eigenvalue weighted by Gasteiger charge is -2.07. The molecule has 0 saturated carbocycles. The number of thiophene rings is 1. The quantitative estimate of drug-likeness (QED) is 0.859. The fourth-order valence-corrected chi connectivity index (χ4v) is 2.85. The zero-order chi connectivity index (χ0) is 14.7. The van der Waals surface area contributed by atoms with Gasteiger partial charge in [-0.1, -0.05) is 18.7 Å². The molecule has 2 N–H and O–H groups in total. The average molecular weight is 284 g/mol. The number of benzene rings is 1. The molecule has 0 saturated heterocycles. The molecule has 102 valence electrons. The lowest BCUT2D eigenvalue weighted by molar-refractivity contribution is 0.353. The van der Waals surface area contributed by atoms with Gasteiger partial charge in [-0.2, -0.15) is 5.26 Å². The van der Waals surface area contributed by atoms with Gasteiger partial charge in [-0.3, -0.25) is 0 Å². The summed E-state index contributed by atoms with van der Waals surface area (Å²) in [6.45, 7) is 8.20. The van der Waals surface area contributed by atoms with Gasteiger partial charge in [0.25, 0.3) is 0 Å². The lowest BCUT2D eigenvalue weighted by atomic mass is 10.0. The monoisotopic (exact) mass is 284 g/mol. The highest BCUT2D eigenvalue weighted by Gasteiger charge is 2.15. The zero-order valence-corrected chi connectivity index (χ0v) is 12.4. The first-order chi connectivity index (χ1) is 9.52. The minimum atomic E-state index is 0.507. The van der Waals surface area contributed by atoms with Crippen molar-refractivity contribution in [3.05, 3.63) is 46.9 Å². The van der Waals surface area contributed by atoms with Crippen molar-refractivity contribution in [2.75, 3.05) is 12.3 Å². The van der Waals surface area contributed by atoms with Crippen LogP contribution in [0.15, 0.2) is 36.4 Å². The van der Waals surface area contributed by atoms with Gasteiger partial charge in [-0.25, -0.2) is 0 Å². The number of nitrogens with zero attached hydrogens (tertiary/aromatic N) is 1. The second-order valence-electron chi connectivity index (χ2n) is 4.65. The average Bonchev–Trinajstić information content (AvgIpc) is 2.71. The Bertz CT molecular complexity index is 678. The largest absolute Gasteiger partial charge is 0.489 e. The number of ether oxygens (including phenoxy) is 1. The normalized spacial score (nSPS) is 10.1. The highest BCUT2D eigenvalue weighted by atomic mass is 32.1. The van der Waals surface area contributed by atoms with Crippen LogP contribution in [0.2, 0.25) is 0 Å². The molecule has 1 heterocycles.